The summed E-state index contributed by atoms with van der Waals surface area (Å²) in [6, 6.07) is 3.02. The van der Waals surface area contributed by atoms with Gasteiger partial charge in [-0.2, -0.15) is 0 Å². The number of hydrogen-bond acceptors (Lipinski definition) is 3. The molecule has 4 nitrogen and oxygen atoms in total. The van der Waals surface area contributed by atoms with Crippen molar-refractivity contribution < 1.29 is 9.90 Å². The predicted molar refractivity (Wildman–Crippen MR) is 76.7 cm³/mol. The Kier molecular flexibility index (Phi) is 5.59. The Balaban J connectivity index is 2.68. The van der Waals surface area contributed by atoms with Crippen molar-refractivity contribution in [2.24, 2.45) is 5.92 Å². The van der Waals surface area contributed by atoms with Gasteiger partial charge in [-0.1, -0.05) is 37.0 Å². The minimum absolute atomic E-state index is 0.0644. The number of nitrogens with one attached hydrogen (secondary N) is 1. The first-order valence-corrected chi connectivity index (χ1v) is 6.79. The molecule has 0 aliphatic carbocycles. The van der Waals surface area contributed by atoms with Gasteiger partial charge in [-0.05, 0) is 31.4 Å². The summed E-state index contributed by atoms with van der Waals surface area (Å²) in [5.41, 5.74) is -0.899. The van der Waals surface area contributed by atoms with Gasteiger partial charge in [-0.15, -0.1) is 0 Å². The molecule has 1 heterocycles. The molecule has 0 aromatic carbocycles. The van der Waals surface area contributed by atoms with E-state index in [4.69, 9.17) is 23.2 Å². The molecule has 1 rings (SSSR count). The van der Waals surface area contributed by atoms with Crippen LogP contribution in [-0.2, 0) is 0 Å². The molecule has 1 unspecified atom stereocenters. The highest BCUT2D eigenvalue weighted by molar-refractivity contribution is 6.34. The average Bonchev–Trinajstić information content (AvgIpc) is 2.27. The van der Waals surface area contributed by atoms with Crippen LogP contribution in [0.5, 0.6) is 0 Å². The van der Waals surface area contributed by atoms with Crippen LogP contribution in [0.4, 0.5) is 0 Å². The van der Waals surface area contributed by atoms with E-state index in [0.717, 1.165) is 0 Å². The lowest BCUT2D eigenvalue weighted by atomic mass is 9.94. The summed E-state index contributed by atoms with van der Waals surface area (Å²) in [6.07, 6.45) is 0.587. The SMILES string of the molecule is CC(C)CC(C)(O)CNC(=O)c1nc(Cl)ccc1Cl. The predicted octanol–water partition coefficient (Wildman–Crippen LogP) is 2.92. The van der Waals surface area contributed by atoms with E-state index in [-0.39, 0.29) is 22.4 Å². The fraction of sp³-hybridized carbons (Fsp3) is 0.538. The third-order valence-corrected chi connectivity index (χ3v) is 3.02. The molecule has 0 saturated heterocycles. The van der Waals surface area contributed by atoms with Gasteiger partial charge >= 0.3 is 0 Å². The first-order valence-electron chi connectivity index (χ1n) is 6.04. The van der Waals surface area contributed by atoms with Crippen molar-refractivity contribution in [3.8, 4) is 0 Å². The minimum atomic E-state index is -0.963. The summed E-state index contributed by atoms with van der Waals surface area (Å²) in [5, 5.41) is 13.2. The molecule has 0 saturated carbocycles. The van der Waals surface area contributed by atoms with Crippen LogP contribution in [0.1, 0.15) is 37.7 Å². The normalized spacial score (nSPS) is 14.3. The quantitative estimate of drug-likeness (QED) is 0.822. The van der Waals surface area contributed by atoms with Crippen LogP contribution >= 0.6 is 23.2 Å². The van der Waals surface area contributed by atoms with Gasteiger partial charge in [0.25, 0.3) is 5.91 Å². The first kappa shape index (κ1) is 16.2. The topological polar surface area (TPSA) is 62.2 Å². The first-order chi connectivity index (χ1) is 8.71. The lowest BCUT2D eigenvalue weighted by Gasteiger charge is -2.25. The molecular weight excluding hydrogens is 287 g/mol. The van der Waals surface area contributed by atoms with Crippen LogP contribution in [0.2, 0.25) is 10.2 Å². The van der Waals surface area contributed by atoms with Gasteiger partial charge in [0, 0.05) is 6.54 Å². The van der Waals surface area contributed by atoms with E-state index in [1.807, 2.05) is 13.8 Å². The lowest BCUT2D eigenvalue weighted by Crippen LogP contribution is -2.41. The number of nitrogens with zero attached hydrogens (tertiary/aromatic N) is 1. The maximum absolute atomic E-state index is 11.9. The second-order valence-corrected chi connectivity index (χ2v) is 6.04. The van der Waals surface area contributed by atoms with E-state index in [2.05, 4.69) is 10.3 Å². The molecule has 0 aliphatic rings. The maximum atomic E-state index is 11.9. The van der Waals surface area contributed by atoms with E-state index in [0.29, 0.717) is 12.3 Å². The van der Waals surface area contributed by atoms with E-state index in [1.165, 1.54) is 12.1 Å². The summed E-state index contributed by atoms with van der Waals surface area (Å²) in [7, 11) is 0. The fourth-order valence-electron chi connectivity index (χ4n) is 1.88. The Morgan fingerprint density at radius 2 is 2.11 bits per heavy atom. The van der Waals surface area contributed by atoms with E-state index < -0.39 is 11.5 Å². The van der Waals surface area contributed by atoms with Gasteiger partial charge in [0.15, 0.2) is 0 Å². The van der Waals surface area contributed by atoms with Gasteiger partial charge in [-0.25, -0.2) is 4.98 Å². The molecular formula is C13H18Cl2N2O2. The highest BCUT2D eigenvalue weighted by atomic mass is 35.5. The second kappa shape index (κ2) is 6.55. The van der Waals surface area contributed by atoms with Crippen molar-refractivity contribution in [1.82, 2.24) is 10.3 Å². The molecule has 0 spiro atoms. The largest absolute Gasteiger partial charge is 0.388 e. The third-order valence-electron chi connectivity index (χ3n) is 2.50. The van der Waals surface area contributed by atoms with Crippen molar-refractivity contribution in [3.05, 3.63) is 28.0 Å². The van der Waals surface area contributed by atoms with Crippen molar-refractivity contribution >= 4 is 29.1 Å². The summed E-state index contributed by atoms with van der Waals surface area (Å²) < 4.78 is 0. The minimum Gasteiger partial charge on any atom is -0.388 e. The lowest BCUT2D eigenvalue weighted by molar-refractivity contribution is 0.0367. The summed E-state index contributed by atoms with van der Waals surface area (Å²) in [4.78, 5) is 15.8. The highest BCUT2D eigenvalue weighted by Gasteiger charge is 2.23. The molecule has 0 bridgehead atoms. The fourth-order valence-corrected chi connectivity index (χ4v) is 2.22. The molecule has 1 atom stereocenters. The summed E-state index contributed by atoms with van der Waals surface area (Å²) in [5.74, 6) is -0.115. The maximum Gasteiger partial charge on any atom is 0.271 e. The molecule has 1 aromatic rings. The van der Waals surface area contributed by atoms with Crippen molar-refractivity contribution in [2.45, 2.75) is 32.8 Å². The van der Waals surface area contributed by atoms with Crippen LogP contribution in [0.15, 0.2) is 12.1 Å². The van der Waals surface area contributed by atoms with Gasteiger partial charge in [0.05, 0.1) is 10.6 Å². The van der Waals surface area contributed by atoms with Crippen LogP contribution < -0.4 is 5.32 Å². The molecule has 0 fully saturated rings. The van der Waals surface area contributed by atoms with Crippen LogP contribution in [0.25, 0.3) is 0 Å². The van der Waals surface area contributed by atoms with Gasteiger partial charge in [0.1, 0.15) is 10.8 Å². The molecule has 6 heteroatoms. The van der Waals surface area contributed by atoms with Crippen LogP contribution in [0.3, 0.4) is 0 Å². The molecule has 2 N–H and O–H groups in total. The van der Waals surface area contributed by atoms with Gasteiger partial charge in [0.2, 0.25) is 0 Å². The Morgan fingerprint density at radius 1 is 1.47 bits per heavy atom. The van der Waals surface area contributed by atoms with Crippen LogP contribution in [0, 0.1) is 5.92 Å². The Morgan fingerprint density at radius 3 is 2.68 bits per heavy atom. The van der Waals surface area contributed by atoms with Crippen LogP contribution in [-0.4, -0.2) is 28.1 Å². The number of carbonyl (C=O) groups is 1. The smallest absolute Gasteiger partial charge is 0.271 e. The zero-order chi connectivity index (χ0) is 14.6. The molecule has 0 aliphatic heterocycles. The number of hydrogen-bond donors (Lipinski definition) is 2. The Labute approximate surface area is 123 Å². The van der Waals surface area contributed by atoms with E-state index in [1.54, 1.807) is 6.92 Å². The monoisotopic (exact) mass is 304 g/mol. The number of aliphatic hydroxyl groups is 1. The molecule has 1 aromatic heterocycles. The molecule has 19 heavy (non-hydrogen) atoms. The Bertz CT molecular complexity index is 462. The Hall–Kier alpha value is -0.840. The standard InChI is InChI=1S/C13H18Cl2N2O2/c1-8(2)6-13(3,19)7-16-12(18)11-9(14)4-5-10(15)17-11/h4-5,8,19H,6-7H2,1-3H3,(H,16,18). The third kappa shape index (κ3) is 5.35. The molecule has 106 valence electrons. The second-order valence-electron chi connectivity index (χ2n) is 5.24. The summed E-state index contributed by atoms with van der Waals surface area (Å²) >= 11 is 11.6. The van der Waals surface area contributed by atoms with E-state index >= 15 is 0 Å². The molecule has 1 amide bonds. The highest BCUT2D eigenvalue weighted by Crippen LogP contribution is 2.18. The zero-order valence-corrected chi connectivity index (χ0v) is 12.7. The average molecular weight is 305 g/mol. The number of rotatable bonds is 5. The molecule has 0 radical (unpaired) electrons. The van der Waals surface area contributed by atoms with Crippen molar-refractivity contribution in [2.75, 3.05) is 6.54 Å². The summed E-state index contributed by atoms with van der Waals surface area (Å²) in [6.45, 7) is 5.83. The van der Waals surface area contributed by atoms with E-state index in [9.17, 15) is 9.90 Å². The number of halogens is 2. The number of carbonyl (C=O) groups excluding carboxylic acids is 1. The van der Waals surface area contributed by atoms with Gasteiger partial charge in [-0.3, -0.25) is 4.79 Å². The van der Waals surface area contributed by atoms with Crippen molar-refractivity contribution in [1.29, 1.82) is 0 Å². The zero-order valence-electron chi connectivity index (χ0n) is 11.2. The number of pyridine rings is 1. The number of aromatic nitrogens is 1. The van der Waals surface area contributed by atoms with Crippen molar-refractivity contribution in [3.63, 3.8) is 0 Å². The number of amides is 1. The van der Waals surface area contributed by atoms with Gasteiger partial charge < -0.3 is 10.4 Å².